The highest BCUT2D eigenvalue weighted by atomic mass is 32.1. The second-order valence-electron chi connectivity index (χ2n) is 8.37. The van der Waals surface area contributed by atoms with E-state index >= 15 is 0 Å². The number of nitrogens with zero attached hydrogens (tertiary/aromatic N) is 2. The minimum Gasteiger partial charge on any atom is -0.332 e. The molecule has 1 N–H and O–H groups in total. The van der Waals surface area contributed by atoms with Gasteiger partial charge in [0.05, 0.1) is 6.54 Å². The number of anilines is 1. The highest BCUT2D eigenvalue weighted by molar-refractivity contribution is 7.11. The zero-order chi connectivity index (χ0) is 23.8. The van der Waals surface area contributed by atoms with E-state index in [1.54, 1.807) is 16.2 Å². The van der Waals surface area contributed by atoms with E-state index < -0.39 is 0 Å². The van der Waals surface area contributed by atoms with E-state index in [-0.39, 0.29) is 18.5 Å². The van der Waals surface area contributed by atoms with Gasteiger partial charge in [-0.05, 0) is 56.0 Å². The Morgan fingerprint density at radius 2 is 1.55 bits per heavy atom. The van der Waals surface area contributed by atoms with Crippen LogP contribution >= 0.6 is 11.3 Å². The van der Waals surface area contributed by atoms with Crippen molar-refractivity contribution in [3.8, 4) is 0 Å². The summed E-state index contributed by atoms with van der Waals surface area (Å²) in [5, 5.41) is 3.03. The molecule has 0 atom stereocenters. The minimum absolute atomic E-state index is 0.0434. The summed E-state index contributed by atoms with van der Waals surface area (Å²) in [4.78, 5) is 32.4. The molecule has 0 saturated heterocycles. The molecule has 0 unspecified atom stereocenters. The van der Waals surface area contributed by atoms with Gasteiger partial charge in [-0.1, -0.05) is 55.5 Å². The third-order valence-electron chi connectivity index (χ3n) is 5.53. The first kappa shape index (κ1) is 24.5. The topological polar surface area (TPSA) is 52.7 Å². The molecule has 5 nitrogen and oxygen atoms in total. The van der Waals surface area contributed by atoms with E-state index in [1.807, 2.05) is 74.2 Å². The summed E-state index contributed by atoms with van der Waals surface area (Å²) in [5.74, 6) is -0.0602. The predicted molar refractivity (Wildman–Crippen MR) is 137 cm³/mol. The molecule has 0 aliphatic rings. The van der Waals surface area contributed by atoms with Gasteiger partial charge in [0.2, 0.25) is 5.91 Å². The number of para-hydroxylation sites is 1. The maximum atomic E-state index is 13.4. The molecule has 6 heteroatoms. The maximum absolute atomic E-state index is 13.4. The fourth-order valence-electron chi connectivity index (χ4n) is 3.78. The number of hydrogen-bond acceptors (Lipinski definition) is 3. The molecule has 0 spiro atoms. The van der Waals surface area contributed by atoms with Crippen molar-refractivity contribution in [3.05, 3.63) is 87.1 Å². The second-order valence-corrected chi connectivity index (χ2v) is 9.74. The van der Waals surface area contributed by atoms with Gasteiger partial charge in [-0.2, -0.15) is 0 Å². The Bertz CT molecular complexity index is 1060. The molecule has 3 rings (SSSR count). The van der Waals surface area contributed by atoms with Crippen molar-refractivity contribution in [1.82, 2.24) is 9.80 Å². The number of rotatable bonds is 9. The van der Waals surface area contributed by atoms with Crippen LogP contribution < -0.4 is 5.32 Å². The second kappa shape index (κ2) is 11.7. The van der Waals surface area contributed by atoms with Crippen molar-refractivity contribution in [2.45, 2.75) is 47.2 Å². The summed E-state index contributed by atoms with van der Waals surface area (Å²) in [6.45, 7) is 9.63. The summed E-state index contributed by atoms with van der Waals surface area (Å²) in [6, 6.07) is 19.8. The molecule has 0 bridgehead atoms. The number of hydrogen-bond donors (Lipinski definition) is 1. The van der Waals surface area contributed by atoms with E-state index in [0.29, 0.717) is 19.6 Å². The average Bonchev–Trinajstić information content (AvgIpc) is 3.20. The fraction of sp³-hybridized carbons (Fsp3) is 0.333. The zero-order valence-electron chi connectivity index (χ0n) is 19.9. The van der Waals surface area contributed by atoms with Crippen molar-refractivity contribution in [3.63, 3.8) is 0 Å². The summed E-state index contributed by atoms with van der Waals surface area (Å²) in [7, 11) is 0. The predicted octanol–water partition coefficient (Wildman–Crippen LogP) is 6.15. The van der Waals surface area contributed by atoms with Crippen LogP contribution in [0.15, 0.2) is 60.7 Å². The molecule has 0 aliphatic heterocycles. The molecule has 0 saturated carbocycles. The largest absolute Gasteiger partial charge is 0.332 e. The minimum atomic E-state index is -0.241. The molecule has 174 valence electrons. The van der Waals surface area contributed by atoms with Crippen LogP contribution in [0.4, 0.5) is 10.5 Å². The lowest BCUT2D eigenvalue weighted by Gasteiger charge is -2.28. The van der Waals surface area contributed by atoms with Gasteiger partial charge in [-0.25, -0.2) is 4.79 Å². The monoisotopic (exact) mass is 463 g/mol. The van der Waals surface area contributed by atoms with Crippen LogP contribution in [-0.4, -0.2) is 34.8 Å². The number of carbonyl (C=O) groups is 2. The molecule has 3 aromatic rings. The van der Waals surface area contributed by atoms with Crippen LogP contribution in [0.25, 0.3) is 0 Å². The first-order chi connectivity index (χ1) is 15.9. The van der Waals surface area contributed by atoms with Crippen molar-refractivity contribution in [2.24, 2.45) is 0 Å². The van der Waals surface area contributed by atoms with Crippen molar-refractivity contribution in [1.29, 1.82) is 0 Å². The molecule has 2 aromatic carbocycles. The lowest BCUT2D eigenvalue weighted by Crippen LogP contribution is -2.44. The van der Waals surface area contributed by atoms with Crippen LogP contribution in [-0.2, 0) is 17.9 Å². The van der Waals surface area contributed by atoms with E-state index in [1.165, 1.54) is 4.88 Å². The molecule has 1 heterocycles. The van der Waals surface area contributed by atoms with E-state index in [9.17, 15) is 9.59 Å². The summed E-state index contributed by atoms with van der Waals surface area (Å²) in [6.07, 6.45) is 0.774. The molecule has 33 heavy (non-hydrogen) atoms. The van der Waals surface area contributed by atoms with Crippen molar-refractivity contribution >= 4 is 29.0 Å². The first-order valence-electron chi connectivity index (χ1n) is 11.4. The lowest BCUT2D eigenvalue weighted by molar-refractivity contribution is -0.133. The van der Waals surface area contributed by atoms with Crippen LogP contribution in [0, 0.1) is 20.8 Å². The normalized spacial score (nSPS) is 10.7. The quantitative estimate of drug-likeness (QED) is 0.414. The van der Waals surface area contributed by atoms with E-state index in [4.69, 9.17) is 0 Å². The number of aryl methyl sites for hydroxylation is 3. The molecule has 0 aliphatic carbocycles. The van der Waals surface area contributed by atoms with Crippen molar-refractivity contribution in [2.75, 3.05) is 18.4 Å². The standard InChI is InChI=1S/C27H33N3O2S/c1-5-16-29(27(32)28-26-20(2)10-9-11-21(26)3)19-25(31)30(17-23-12-7-6-8-13-23)18-24-15-14-22(4)33-24/h6-15H,5,16-19H2,1-4H3,(H,28,32). The van der Waals surface area contributed by atoms with Gasteiger partial charge in [-0.15, -0.1) is 11.3 Å². The highest BCUT2D eigenvalue weighted by Gasteiger charge is 2.22. The Kier molecular flexibility index (Phi) is 8.66. The third-order valence-corrected chi connectivity index (χ3v) is 6.52. The van der Waals surface area contributed by atoms with Gasteiger partial charge in [0, 0.05) is 28.5 Å². The Morgan fingerprint density at radius 1 is 0.848 bits per heavy atom. The van der Waals surface area contributed by atoms with E-state index in [2.05, 4.69) is 24.4 Å². The fourth-order valence-corrected chi connectivity index (χ4v) is 4.68. The van der Waals surface area contributed by atoms with Crippen LogP contribution in [0.1, 0.15) is 39.8 Å². The Balaban J connectivity index is 1.76. The molecule has 1 aromatic heterocycles. The Labute approximate surface area is 201 Å². The van der Waals surface area contributed by atoms with E-state index in [0.717, 1.165) is 33.7 Å². The maximum Gasteiger partial charge on any atom is 0.322 e. The van der Waals surface area contributed by atoms with Crippen LogP contribution in [0.5, 0.6) is 0 Å². The summed E-state index contributed by atoms with van der Waals surface area (Å²) >= 11 is 1.70. The molecule has 3 amide bonds. The van der Waals surface area contributed by atoms with Gasteiger partial charge in [0.25, 0.3) is 0 Å². The molecular weight excluding hydrogens is 430 g/mol. The van der Waals surface area contributed by atoms with Crippen molar-refractivity contribution < 1.29 is 9.59 Å². The average molecular weight is 464 g/mol. The number of nitrogens with one attached hydrogen (secondary N) is 1. The van der Waals surface area contributed by atoms with Gasteiger partial charge in [0.15, 0.2) is 0 Å². The van der Waals surface area contributed by atoms with Gasteiger partial charge in [-0.3, -0.25) is 4.79 Å². The van der Waals surface area contributed by atoms with Gasteiger partial charge >= 0.3 is 6.03 Å². The first-order valence-corrected chi connectivity index (χ1v) is 12.2. The smallest absolute Gasteiger partial charge is 0.322 e. The molecular formula is C27H33N3O2S. The lowest BCUT2D eigenvalue weighted by atomic mass is 10.1. The molecule has 0 radical (unpaired) electrons. The highest BCUT2D eigenvalue weighted by Crippen LogP contribution is 2.21. The van der Waals surface area contributed by atoms with Gasteiger partial charge < -0.3 is 15.1 Å². The van der Waals surface area contributed by atoms with Crippen LogP contribution in [0.2, 0.25) is 0 Å². The number of thiophene rings is 1. The summed E-state index contributed by atoms with van der Waals surface area (Å²) < 4.78 is 0. The van der Waals surface area contributed by atoms with Gasteiger partial charge in [0.1, 0.15) is 6.54 Å². The summed E-state index contributed by atoms with van der Waals surface area (Å²) in [5.41, 5.74) is 3.89. The molecule has 0 fully saturated rings. The number of benzene rings is 2. The Hall–Kier alpha value is -3.12. The zero-order valence-corrected chi connectivity index (χ0v) is 20.7. The van der Waals surface area contributed by atoms with Crippen LogP contribution in [0.3, 0.4) is 0 Å². The SMILES string of the molecule is CCCN(CC(=O)N(Cc1ccccc1)Cc1ccc(C)s1)C(=O)Nc1c(C)cccc1C. The Morgan fingerprint density at radius 3 is 2.15 bits per heavy atom. The number of amides is 3. The number of carbonyl (C=O) groups excluding carboxylic acids is 2. The number of urea groups is 1. The third kappa shape index (κ3) is 6.93.